The van der Waals surface area contributed by atoms with Crippen molar-refractivity contribution in [1.82, 2.24) is 0 Å². The van der Waals surface area contributed by atoms with Crippen molar-refractivity contribution >= 4 is 0 Å². The molecule has 0 amide bonds. The predicted molar refractivity (Wildman–Crippen MR) is 65.4 cm³/mol. The molecule has 2 nitrogen and oxygen atoms in total. The van der Waals surface area contributed by atoms with Crippen LogP contribution in [0.25, 0.3) is 0 Å². The quantitative estimate of drug-likeness (QED) is 0.725. The van der Waals surface area contributed by atoms with E-state index in [0.29, 0.717) is 0 Å². The molecule has 0 fully saturated rings. The molecule has 0 saturated heterocycles. The number of para-hydroxylation sites is 1. The van der Waals surface area contributed by atoms with E-state index < -0.39 is 0 Å². The number of nitrogens with zero attached hydrogens (tertiary/aromatic N) is 1. The van der Waals surface area contributed by atoms with Gasteiger partial charge in [0.2, 0.25) is 0 Å². The molecule has 0 aliphatic heterocycles. The van der Waals surface area contributed by atoms with Crippen LogP contribution in [-0.2, 0) is 0 Å². The summed E-state index contributed by atoms with van der Waals surface area (Å²) in [4.78, 5) is 0. The van der Waals surface area contributed by atoms with E-state index in [-0.39, 0.29) is 0 Å². The second-order valence-electron chi connectivity index (χ2n) is 3.30. The minimum absolute atomic E-state index is 0.749. The topological polar surface area (TPSA) is 33.0 Å². The summed E-state index contributed by atoms with van der Waals surface area (Å²) in [5, 5.41) is 8.33. The van der Waals surface area contributed by atoms with Crippen molar-refractivity contribution in [2.45, 2.75) is 0 Å². The van der Waals surface area contributed by atoms with Gasteiger partial charge in [0.1, 0.15) is 11.5 Å². The zero-order valence-corrected chi connectivity index (χ0v) is 9.05. The van der Waals surface area contributed by atoms with Gasteiger partial charge in [-0.2, -0.15) is 5.26 Å². The number of rotatable bonds is 2. The largest absolute Gasteiger partial charge is 0.457 e. The molecule has 0 spiro atoms. The van der Waals surface area contributed by atoms with Crippen molar-refractivity contribution in [3.8, 4) is 29.4 Å². The minimum atomic E-state index is 0.749. The molecule has 2 aromatic carbocycles. The predicted octanol–water partition coefficient (Wildman–Crippen LogP) is 3.35. The first-order valence-electron chi connectivity index (χ1n) is 5.11. The van der Waals surface area contributed by atoms with Gasteiger partial charge in [-0.3, -0.25) is 0 Å². The minimum Gasteiger partial charge on any atom is -0.457 e. The van der Waals surface area contributed by atoms with E-state index >= 15 is 0 Å². The molecule has 17 heavy (non-hydrogen) atoms. The zero-order chi connectivity index (χ0) is 11.9. The Balaban J connectivity index is 2.12. The maximum Gasteiger partial charge on any atom is 0.152 e. The van der Waals surface area contributed by atoms with Gasteiger partial charge in [-0.25, -0.2) is 0 Å². The van der Waals surface area contributed by atoms with Crippen LogP contribution in [0.3, 0.4) is 0 Å². The van der Waals surface area contributed by atoms with Crippen LogP contribution in [0.5, 0.6) is 11.5 Å². The highest BCUT2D eigenvalue weighted by Gasteiger charge is 1.95. The lowest BCUT2D eigenvalue weighted by molar-refractivity contribution is 0.482. The number of hydrogen-bond donors (Lipinski definition) is 0. The lowest BCUT2D eigenvalue weighted by atomic mass is 10.2. The Morgan fingerprint density at radius 3 is 2.12 bits per heavy atom. The smallest absolute Gasteiger partial charge is 0.152 e. The summed E-state index contributed by atoms with van der Waals surface area (Å²) < 4.78 is 5.62. The van der Waals surface area contributed by atoms with Gasteiger partial charge in [0, 0.05) is 11.5 Å². The Bertz CT molecular complexity index is 583. The fourth-order valence-electron chi connectivity index (χ4n) is 1.33. The summed E-state index contributed by atoms with van der Waals surface area (Å²) in [5.74, 6) is 6.61. The second-order valence-corrected chi connectivity index (χ2v) is 3.30. The third-order valence-electron chi connectivity index (χ3n) is 2.10. The first kappa shape index (κ1) is 10.8. The summed E-state index contributed by atoms with van der Waals surface area (Å²) in [6, 6.07) is 18.6. The van der Waals surface area contributed by atoms with Crippen molar-refractivity contribution in [2.75, 3.05) is 0 Å². The van der Waals surface area contributed by atoms with Crippen molar-refractivity contribution in [3.63, 3.8) is 0 Å². The Kier molecular flexibility index (Phi) is 3.43. The van der Waals surface area contributed by atoms with E-state index in [9.17, 15) is 0 Å². The molecule has 0 radical (unpaired) electrons. The van der Waals surface area contributed by atoms with Gasteiger partial charge in [0.25, 0.3) is 0 Å². The average molecular weight is 219 g/mol. The van der Waals surface area contributed by atoms with Crippen molar-refractivity contribution < 1.29 is 4.74 Å². The summed E-state index contributed by atoms with van der Waals surface area (Å²) >= 11 is 0. The zero-order valence-electron chi connectivity index (χ0n) is 9.05. The lowest BCUT2D eigenvalue weighted by Crippen LogP contribution is -1.83. The Morgan fingerprint density at radius 1 is 0.824 bits per heavy atom. The van der Waals surface area contributed by atoms with Crippen molar-refractivity contribution in [3.05, 3.63) is 60.2 Å². The van der Waals surface area contributed by atoms with Gasteiger partial charge < -0.3 is 4.74 Å². The van der Waals surface area contributed by atoms with Gasteiger partial charge in [0.15, 0.2) is 6.07 Å². The number of ether oxygens (including phenoxy) is 1. The Labute approximate surface area is 100 Å². The van der Waals surface area contributed by atoms with Gasteiger partial charge in [-0.05, 0) is 36.4 Å². The van der Waals surface area contributed by atoms with E-state index in [4.69, 9.17) is 10.00 Å². The van der Waals surface area contributed by atoms with E-state index in [2.05, 4.69) is 11.8 Å². The molecule has 0 bridgehead atoms. The first-order chi connectivity index (χ1) is 8.38. The monoisotopic (exact) mass is 219 g/mol. The molecule has 0 unspecified atom stereocenters. The molecule has 80 valence electrons. The molecule has 0 aliphatic rings. The Morgan fingerprint density at radius 2 is 1.47 bits per heavy atom. The van der Waals surface area contributed by atoms with E-state index in [0.717, 1.165) is 17.1 Å². The third kappa shape index (κ3) is 3.12. The van der Waals surface area contributed by atoms with Crippen LogP contribution in [0.2, 0.25) is 0 Å². The molecule has 0 atom stereocenters. The van der Waals surface area contributed by atoms with E-state index in [1.807, 2.05) is 54.6 Å². The molecular weight excluding hydrogens is 210 g/mol. The number of hydrogen-bond acceptors (Lipinski definition) is 2. The lowest BCUT2D eigenvalue weighted by Gasteiger charge is -2.04. The van der Waals surface area contributed by atoms with Crippen LogP contribution < -0.4 is 4.74 Å². The normalized spacial score (nSPS) is 8.65. The van der Waals surface area contributed by atoms with Crippen LogP contribution in [0, 0.1) is 23.2 Å². The van der Waals surface area contributed by atoms with Gasteiger partial charge in [0.05, 0.1) is 0 Å². The molecule has 0 heterocycles. The second kappa shape index (κ2) is 5.39. The molecule has 2 rings (SSSR count). The van der Waals surface area contributed by atoms with Crippen molar-refractivity contribution in [2.24, 2.45) is 0 Å². The number of benzene rings is 2. The van der Waals surface area contributed by atoms with Crippen LogP contribution in [0.15, 0.2) is 54.6 Å². The summed E-state index contributed by atoms with van der Waals surface area (Å²) in [7, 11) is 0. The first-order valence-corrected chi connectivity index (χ1v) is 5.11. The van der Waals surface area contributed by atoms with Crippen LogP contribution in [0.1, 0.15) is 5.56 Å². The standard InChI is InChI=1S/C15H9NO/c16-12-4-5-13-8-10-15(11-9-13)17-14-6-2-1-3-7-14/h1-3,6-11H. The van der Waals surface area contributed by atoms with E-state index in [1.54, 1.807) is 6.07 Å². The fourth-order valence-corrected chi connectivity index (χ4v) is 1.33. The van der Waals surface area contributed by atoms with Crippen LogP contribution >= 0.6 is 0 Å². The summed E-state index contributed by atoms with van der Waals surface area (Å²) in [5.41, 5.74) is 0.798. The average Bonchev–Trinajstić information content (AvgIpc) is 2.39. The molecular formula is C15H9NO. The molecule has 0 aromatic heterocycles. The maximum absolute atomic E-state index is 8.33. The van der Waals surface area contributed by atoms with Gasteiger partial charge in [-0.15, -0.1) is 0 Å². The van der Waals surface area contributed by atoms with Gasteiger partial charge in [-0.1, -0.05) is 24.1 Å². The molecule has 0 N–H and O–H groups in total. The molecule has 2 aromatic rings. The summed E-state index contributed by atoms with van der Waals surface area (Å²) in [6.07, 6.45) is 0. The molecule has 2 heteroatoms. The Hall–Kier alpha value is -2.71. The number of nitriles is 1. The summed E-state index contributed by atoms with van der Waals surface area (Å²) in [6.45, 7) is 0. The highest BCUT2D eigenvalue weighted by Crippen LogP contribution is 2.20. The highest BCUT2D eigenvalue weighted by molar-refractivity contribution is 5.41. The molecule has 0 saturated carbocycles. The maximum atomic E-state index is 8.33. The third-order valence-corrected chi connectivity index (χ3v) is 2.10. The van der Waals surface area contributed by atoms with Crippen LogP contribution in [0.4, 0.5) is 0 Å². The van der Waals surface area contributed by atoms with Crippen LogP contribution in [-0.4, -0.2) is 0 Å². The van der Waals surface area contributed by atoms with E-state index in [1.165, 1.54) is 0 Å². The fraction of sp³-hybridized carbons (Fsp3) is 0. The highest BCUT2D eigenvalue weighted by atomic mass is 16.5. The van der Waals surface area contributed by atoms with Gasteiger partial charge >= 0.3 is 0 Å². The van der Waals surface area contributed by atoms with Crippen molar-refractivity contribution in [1.29, 1.82) is 5.26 Å². The SMILES string of the molecule is N#CC#Cc1ccc(Oc2ccccc2)cc1. The molecule has 0 aliphatic carbocycles.